The summed E-state index contributed by atoms with van der Waals surface area (Å²) in [6, 6.07) is 13.5. The number of nitrogens with zero attached hydrogens (tertiary/aromatic N) is 1. The summed E-state index contributed by atoms with van der Waals surface area (Å²) in [5, 5.41) is 0. The van der Waals surface area contributed by atoms with Crippen LogP contribution in [0.4, 0.5) is 11.4 Å². The van der Waals surface area contributed by atoms with Crippen molar-refractivity contribution < 1.29 is 0 Å². The molecule has 0 aliphatic carbocycles. The van der Waals surface area contributed by atoms with Gasteiger partial charge in [-0.05, 0) is 0 Å². The maximum absolute atomic E-state index is 4.07. The van der Waals surface area contributed by atoms with Crippen molar-refractivity contribution in [2.45, 2.75) is 13.8 Å². The van der Waals surface area contributed by atoms with Crippen LogP contribution in [0.2, 0.25) is 0 Å². The summed E-state index contributed by atoms with van der Waals surface area (Å²) in [5.41, 5.74) is 5.27. The van der Waals surface area contributed by atoms with Crippen LogP contribution in [0.25, 0.3) is 0 Å². The van der Waals surface area contributed by atoms with E-state index in [0.29, 0.717) is 0 Å². The number of hydrogen-bond donors (Lipinski definition) is 0. The van der Waals surface area contributed by atoms with E-state index in [1.165, 1.54) is 29.7 Å². The van der Waals surface area contributed by atoms with E-state index in [1.54, 1.807) is 0 Å². The molecule has 0 N–H and O–H groups in total. The normalized spacial score (nSPS) is 17.6. The Morgan fingerprint density at radius 3 is 1.68 bits per heavy atom. The van der Waals surface area contributed by atoms with Crippen molar-refractivity contribution in [1.82, 2.24) is 0 Å². The summed E-state index contributed by atoms with van der Waals surface area (Å²) in [6.45, 7) is 4.32. The number of benzene rings is 2. The molecule has 1 aliphatic rings. The summed E-state index contributed by atoms with van der Waals surface area (Å²) in [4.78, 5) is 2.30. The Bertz CT molecular complexity index is 612. The molecule has 0 spiro atoms. The second kappa shape index (κ2) is 4.77. The van der Waals surface area contributed by atoms with Crippen molar-refractivity contribution >= 4 is 57.9 Å². The number of halogens is 2. The van der Waals surface area contributed by atoms with E-state index >= 15 is 0 Å². The van der Waals surface area contributed by atoms with Gasteiger partial charge in [-0.15, -0.1) is 0 Å². The molecule has 1 heterocycles. The van der Waals surface area contributed by atoms with Crippen LogP contribution in [-0.4, -0.2) is 20.8 Å². The van der Waals surface area contributed by atoms with Gasteiger partial charge >= 0.3 is 131 Å². The van der Waals surface area contributed by atoms with Gasteiger partial charge < -0.3 is 0 Å². The van der Waals surface area contributed by atoms with Crippen LogP contribution in [0.5, 0.6) is 0 Å². The van der Waals surface area contributed by atoms with Crippen molar-refractivity contribution in [3.8, 4) is 0 Å². The number of fused-ring (bicyclic) bond motifs is 2. The van der Waals surface area contributed by atoms with Gasteiger partial charge in [0, 0.05) is 0 Å². The van der Waals surface area contributed by atoms with E-state index in [4.69, 9.17) is 0 Å². The van der Waals surface area contributed by atoms with Gasteiger partial charge in [-0.1, -0.05) is 0 Å². The topological polar surface area (TPSA) is 3.24 Å². The third kappa shape index (κ3) is 2.17. The first-order valence-electron chi connectivity index (χ1n) is 6.09. The van der Waals surface area contributed by atoms with E-state index in [9.17, 15) is 0 Å². The molecule has 0 bridgehead atoms. The Balaban J connectivity index is 2.33. The molecule has 0 fully saturated rings. The quantitative estimate of drug-likeness (QED) is 0.503. The Morgan fingerprint density at radius 1 is 0.842 bits per heavy atom. The van der Waals surface area contributed by atoms with E-state index in [0.717, 1.165) is 0 Å². The van der Waals surface area contributed by atoms with Crippen molar-refractivity contribution in [2.24, 2.45) is 0 Å². The van der Waals surface area contributed by atoms with Crippen LogP contribution in [-0.2, 0) is 0 Å². The Labute approximate surface area is 130 Å². The molecule has 0 unspecified atom stereocenters. The molecule has 2 aromatic carbocycles. The van der Waals surface area contributed by atoms with Gasteiger partial charge in [0.05, 0.1) is 0 Å². The summed E-state index contributed by atoms with van der Waals surface area (Å²) in [5.74, 6) is 0. The van der Waals surface area contributed by atoms with Gasteiger partial charge in [-0.3, -0.25) is 0 Å². The van der Waals surface area contributed by atoms with Crippen LogP contribution in [0.3, 0.4) is 0 Å². The van der Waals surface area contributed by atoms with Gasteiger partial charge in [0.2, 0.25) is 0 Å². The molecule has 0 radical (unpaired) electrons. The number of rotatable bonds is 0. The molecule has 0 atom stereocenters. The molecule has 0 saturated heterocycles. The molecule has 19 heavy (non-hydrogen) atoms. The van der Waals surface area contributed by atoms with Crippen molar-refractivity contribution in [1.29, 1.82) is 0 Å². The Hall–Kier alpha value is -0.0104. The van der Waals surface area contributed by atoms with E-state index in [2.05, 4.69) is 87.7 Å². The average Bonchev–Trinajstić information content (AvgIpc) is 2.36. The van der Waals surface area contributed by atoms with Crippen molar-refractivity contribution in [2.75, 3.05) is 11.9 Å². The van der Waals surface area contributed by atoms with Crippen LogP contribution >= 0.6 is 25.5 Å². The SMILES string of the molecule is Cc1ccc2c(c1)[Te](Br)(Br)c1cc(C)ccc1N2C. The van der Waals surface area contributed by atoms with Gasteiger partial charge in [-0.2, -0.15) is 0 Å². The monoisotopic (exact) mass is 497 g/mol. The Morgan fingerprint density at radius 2 is 1.26 bits per heavy atom. The van der Waals surface area contributed by atoms with Gasteiger partial charge in [0.1, 0.15) is 0 Å². The first kappa shape index (κ1) is 13.9. The molecule has 0 aromatic heterocycles. The Kier molecular flexibility index (Phi) is 3.50. The first-order chi connectivity index (χ1) is 8.91. The van der Waals surface area contributed by atoms with Gasteiger partial charge in [0.25, 0.3) is 0 Å². The fraction of sp³-hybridized carbons (Fsp3) is 0.200. The average molecular weight is 497 g/mol. The predicted molar refractivity (Wildman–Crippen MR) is 93.3 cm³/mol. The molecule has 1 aliphatic heterocycles. The van der Waals surface area contributed by atoms with E-state index in [1.807, 2.05) is 0 Å². The number of anilines is 2. The molecular formula is C15H15Br2NTe. The number of hydrogen-bond acceptors (Lipinski definition) is 1. The third-order valence-corrected chi connectivity index (χ3v) is 17.9. The van der Waals surface area contributed by atoms with Gasteiger partial charge in [-0.25, -0.2) is 0 Å². The summed E-state index contributed by atoms with van der Waals surface area (Å²) < 4.78 is 2.90. The minimum atomic E-state index is -2.56. The first-order valence-corrected chi connectivity index (χ1v) is 18.9. The molecule has 100 valence electrons. The molecule has 4 heteroatoms. The summed E-state index contributed by atoms with van der Waals surface area (Å²) >= 11 is 5.57. The second-order valence-electron chi connectivity index (χ2n) is 4.97. The molecule has 1 nitrogen and oxygen atoms in total. The fourth-order valence-electron chi connectivity index (χ4n) is 2.46. The zero-order valence-corrected chi connectivity index (χ0v) is 16.6. The predicted octanol–water partition coefficient (Wildman–Crippen LogP) is 3.73. The second-order valence-corrected chi connectivity index (χ2v) is 29.0. The molecule has 0 amide bonds. The zero-order chi connectivity index (χ0) is 13.8. The zero-order valence-electron chi connectivity index (χ0n) is 11.1. The third-order valence-electron chi connectivity index (χ3n) is 3.51. The molecule has 0 saturated carbocycles. The van der Waals surface area contributed by atoms with Crippen LogP contribution in [0, 0.1) is 13.8 Å². The summed E-state index contributed by atoms with van der Waals surface area (Å²) in [6.07, 6.45) is 0. The van der Waals surface area contributed by atoms with Gasteiger partial charge in [0.15, 0.2) is 0 Å². The van der Waals surface area contributed by atoms with Crippen molar-refractivity contribution in [3.63, 3.8) is 0 Å². The molecule has 3 rings (SSSR count). The van der Waals surface area contributed by atoms with Crippen LogP contribution in [0.15, 0.2) is 36.4 Å². The minimum absolute atomic E-state index is 1.32. The van der Waals surface area contributed by atoms with Crippen LogP contribution < -0.4 is 12.1 Å². The maximum atomic E-state index is 4.07. The standard InChI is InChI=1S/C15H15Br2NTe/c1-10-4-6-12-14(8-10)19(16,17)15-9-11(2)5-7-13(15)18(12)3/h4-9H,1-3H3. The molecular weight excluding hydrogens is 482 g/mol. The molecule has 2 aromatic rings. The fourth-order valence-corrected chi connectivity index (χ4v) is 14.7. The van der Waals surface area contributed by atoms with Crippen molar-refractivity contribution in [3.05, 3.63) is 47.5 Å². The van der Waals surface area contributed by atoms with E-state index < -0.39 is 13.8 Å². The van der Waals surface area contributed by atoms with Crippen LogP contribution in [0.1, 0.15) is 11.1 Å². The summed E-state index contributed by atoms with van der Waals surface area (Å²) in [7, 11) is 2.15. The number of aryl methyl sites for hydroxylation is 2. The van der Waals surface area contributed by atoms with E-state index in [-0.39, 0.29) is 0 Å².